The van der Waals surface area contributed by atoms with Gasteiger partial charge in [-0.1, -0.05) is 17.7 Å². The van der Waals surface area contributed by atoms with E-state index in [1.165, 1.54) is 12.1 Å². The van der Waals surface area contributed by atoms with Crippen molar-refractivity contribution < 1.29 is 17.5 Å². The summed E-state index contributed by atoms with van der Waals surface area (Å²) >= 11 is 6.24. The number of fused-ring (bicyclic) bond motifs is 1. The van der Waals surface area contributed by atoms with Crippen LogP contribution < -0.4 is 9.46 Å². The molecule has 1 aromatic carbocycles. The Labute approximate surface area is 208 Å². The van der Waals surface area contributed by atoms with Gasteiger partial charge in [0.15, 0.2) is 5.65 Å². The number of hydrogen-bond donors (Lipinski definition) is 1. The van der Waals surface area contributed by atoms with Crippen LogP contribution in [0.2, 0.25) is 5.02 Å². The standard InChI is InChI=1S/C24H27ClFN5O3S/c25-21-10-17(26)6-5-16(21)12-30-9-1-2-18(13-30)34-22-11-23-27-28-24(29-35(32,33)19-7-8-19)31(23)14-20(22)15-3-4-15/h5-6,10-11,14-15,18-19H,1-4,7-9,12-13H2,(H,28,29). The number of hydrogen-bond acceptors (Lipinski definition) is 6. The lowest BCUT2D eigenvalue weighted by molar-refractivity contribution is 0.0836. The molecule has 2 saturated carbocycles. The monoisotopic (exact) mass is 519 g/mol. The van der Waals surface area contributed by atoms with Crippen molar-refractivity contribution in [3.8, 4) is 5.75 Å². The Bertz CT molecular complexity index is 1370. The maximum atomic E-state index is 13.4. The molecule has 2 aliphatic carbocycles. The molecule has 1 atom stereocenters. The van der Waals surface area contributed by atoms with E-state index in [-0.39, 0.29) is 23.1 Å². The van der Waals surface area contributed by atoms with Crippen LogP contribution in [0.4, 0.5) is 10.3 Å². The Balaban J connectivity index is 1.21. The molecule has 1 saturated heterocycles. The van der Waals surface area contributed by atoms with Crippen molar-refractivity contribution in [2.75, 3.05) is 17.8 Å². The number of pyridine rings is 1. The van der Waals surface area contributed by atoms with E-state index in [0.29, 0.717) is 36.0 Å². The summed E-state index contributed by atoms with van der Waals surface area (Å²) in [6.45, 7) is 2.31. The number of nitrogens with zero attached hydrogens (tertiary/aromatic N) is 4. The zero-order chi connectivity index (χ0) is 24.2. The molecule has 8 nitrogen and oxygen atoms in total. The number of sulfonamides is 1. The summed E-state index contributed by atoms with van der Waals surface area (Å²) in [5.41, 5.74) is 2.50. The number of ether oxygens (including phenoxy) is 1. The molecule has 0 bridgehead atoms. The fraction of sp³-hybridized carbons (Fsp3) is 0.500. The zero-order valence-electron chi connectivity index (χ0n) is 19.2. The molecule has 186 valence electrons. The fourth-order valence-electron chi connectivity index (χ4n) is 4.72. The molecule has 3 heterocycles. The minimum Gasteiger partial charge on any atom is -0.489 e. The number of anilines is 1. The molecule has 2 aromatic heterocycles. The first-order valence-electron chi connectivity index (χ1n) is 12.1. The Morgan fingerprint density at radius 3 is 2.71 bits per heavy atom. The lowest BCUT2D eigenvalue weighted by Crippen LogP contribution is -2.40. The van der Waals surface area contributed by atoms with Gasteiger partial charge in [-0.3, -0.25) is 14.0 Å². The lowest BCUT2D eigenvalue weighted by atomic mass is 10.1. The van der Waals surface area contributed by atoms with Gasteiger partial charge < -0.3 is 4.74 Å². The summed E-state index contributed by atoms with van der Waals surface area (Å²) in [4.78, 5) is 2.28. The van der Waals surface area contributed by atoms with E-state index in [0.717, 1.165) is 55.6 Å². The minimum atomic E-state index is -3.43. The number of piperidine rings is 1. The van der Waals surface area contributed by atoms with Crippen molar-refractivity contribution in [3.05, 3.63) is 52.4 Å². The predicted octanol–water partition coefficient (Wildman–Crippen LogP) is 4.35. The highest BCUT2D eigenvalue weighted by Gasteiger charge is 2.37. The predicted molar refractivity (Wildman–Crippen MR) is 131 cm³/mol. The van der Waals surface area contributed by atoms with Gasteiger partial charge >= 0.3 is 0 Å². The van der Waals surface area contributed by atoms with Crippen molar-refractivity contribution >= 4 is 33.2 Å². The molecule has 11 heteroatoms. The molecule has 0 radical (unpaired) electrons. The van der Waals surface area contributed by atoms with Crippen LogP contribution in [0.1, 0.15) is 55.6 Å². The first kappa shape index (κ1) is 23.0. The van der Waals surface area contributed by atoms with Crippen molar-refractivity contribution in [2.45, 2.75) is 62.3 Å². The quantitative estimate of drug-likeness (QED) is 0.476. The number of nitrogens with one attached hydrogen (secondary N) is 1. The number of rotatable bonds is 8. The second kappa shape index (κ2) is 8.90. The summed E-state index contributed by atoms with van der Waals surface area (Å²) in [5, 5.41) is 8.39. The average molecular weight is 520 g/mol. The van der Waals surface area contributed by atoms with Crippen LogP contribution >= 0.6 is 11.6 Å². The van der Waals surface area contributed by atoms with E-state index < -0.39 is 10.0 Å². The molecule has 35 heavy (non-hydrogen) atoms. The van der Waals surface area contributed by atoms with Gasteiger partial charge in [-0.25, -0.2) is 12.8 Å². The second-order valence-electron chi connectivity index (χ2n) is 9.82. The van der Waals surface area contributed by atoms with E-state index in [1.54, 1.807) is 10.5 Å². The van der Waals surface area contributed by atoms with E-state index >= 15 is 0 Å². The highest BCUT2D eigenvalue weighted by Crippen LogP contribution is 2.45. The van der Waals surface area contributed by atoms with E-state index in [1.807, 2.05) is 12.3 Å². The number of halogens is 2. The zero-order valence-corrected chi connectivity index (χ0v) is 20.7. The van der Waals surface area contributed by atoms with Gasteiger partial charge in [0.2, 0.25) is 16.0 Å². The summed E-state index contributed by atoms with van der Waals surface area (Å²) in [6, 6.07) is 6.39. The molecule has 3 aromatic rings. The van der Waals surface area contributed by atoms with Gasteiger partial charge in [-0.2, -0.15) is 0 Å². The normalized spacial score (nSPS) is 21.4. The summed E-state index contributed by atoms with van der Waals surface area (Å²) in [6.07, 6.45) is 7.36. The molecular weight excluding hydrogens is 493 g/mol. The Hall–Kier alpha value is -2.43. The molecular formula is C24H27ClFN5O3S. The minimum absolute atomic E-state index is 0.00122. The van der Waals surface area contributed by atoms with Crippen LogP contribution in [-0.4, -0.2) is 52.4 Å². The third-order valence-corrected chi connectivity index (χ3v) is 9.08. The number of aromatic nitrogens is 3. The summed E-state index contributed by atoms with van der Waals surface area (Å²) in [5.74, 6) is 1.07. The van der Waals surface area contributed by atoms with E-state index in [4.69, 9.17) is 16.3 Å². The fourth-order valence-corrected chi connectivity index (χ4v) is 6.26. The maximum absolute atomic E-state index is 13.4. The van der Waals surface area contributed by atoms with E-state index in [2.05, 4.69) is 19.8 Å². The van der Waals surface area contributed by atoms with Crippen molar-refractivity contribution in [2.24, 2.45) is 0 Å². The van der Waals surface area contributed by atoms with Crippen molar-refractivity contribution in [3.63, 3.8) is 0 Å². The van der Waals surface area contributed by atoms with Crippen LogP contribution in [0.5, 0.6) is 5.75 Å². The first-order chi connectivity index (χ1) is 16.9. The second-order valence-corrected chi connectivity index (χ2v) is 12.2. The highest BCUT2D eigenvalue weighted by molar-refractivity contribution is 7.93. The average Bonchev–Trinajstić information content (AvgIpc) is 3.73. The van der Waals surface area contributed by atoms with Gasteiger partial charge in [-0.05, 0) is 68.7 Å². The number of benzene rings is 1. The van der Waals surface area contributed by atoms with Gasteiger partial charge in [0.1, 0.15) is 17.7 Å². The van der Waals surface area contributed by atoms with Crippen LogP contribution in [-0.2, 0) is 16.6 Å². The molecule has 3 aliphatic rings. The summed E-state index contributed by atoms with van der Waals surface area (Å²) in [7, 11) is -3.43. The third kappa shape index (κ3) is 4.96. The Morgan fingerprint density at radius 1 is 1.14 bits per heavy atom. The smallest absolute Gasteiger partial charge is 0.242 e. The summed E-state index contributed by atoms with van der Waals surface area (Å²) < 4.78 is 49.1. The topological polar surface area (TPSA) is 88.8 Å². The van der Waals surface area contributed by atoms with Crippen molar-refractivity contribution in [1.29, 1.82) is 0 Å². The largest absolute Gasteiger partial charge is 0.489 e. The van der Waals surface area contributed by atoms with Crippen LogP contribution in [0, 0.1) is 5.82 Å². The van der Waals surface area contributed by atoms with E-state index in [9.17, 15) is 12.8 Å². The van der Waals surface area contributed by atoms with Crippen LogP contribution in [0.3, 0.4) is 0 Å². The number of likely N-dealkylation sites (tertiary alicyclic amines) is 1. The SMILES string of the molecule is O=S(=O)(Nc1nnc2cc(OC3CCCN(Cc4ccc(F)cc4Cl)C3)c(C3CC3)cn12)C1CC1. The Kier molecular flexibility index (Phi) is 5.85. The molecule has 1 unspecified atom stereocenters. The highest BCUT2D eigenvalue weighted by atomic mass is 35.5. The lowest BCUT2D eigenvalue weighted by Gasteiger charge is -2.33. The van der Waals surface area contributed by atoms with Gasteiger partial charge in [0.05, 0.1) is 5.25 Å². The molecule has 3 fully saturated rings. The molecule has 0 spiro atoms. The molecule has 0 amide bonds. The molecule has 6 rings (SSSR count). The first-order valence-corrected chi connectivity index (χ1v) is 14.0. The Morgan fingerprint density at radius 2 is 1.97 bits per heavy atom. The van der Waals surface area contributed by atoms with Gasteiger partial charge in [-0.15, -0.1) is 10.2 Å². The molecule has 1 aliphatic heterocycles. The van der Waals surface area contributed by atoms with Gasteiger partial charge in [0.25, 0.3) is 0 Å². The third-order valence-electron chi connectivity index (χ3n) is 6.91. The van der Waals surface area contributed by atoms with Crippen molar-refractivity contribution in [1.82, 2.24) is 19.5 Å². The molecule has 1 N–H and O–H groups in total. The van der Waals surface area contributed by atoms with Crippen LogP contribution in [0.25, 0.3) is 5.65 Å². The maximum Gasteiger partial charge on any atom is 0.242 e. The van der Waals surface area contributed by atoms with Crippen LogP contribution in [0.15, 0.2) is 30.5 Å². The van der Waals surface area contributed by atoms with Gasteiger partial charge in [0, 0.05) is 35.9 Å².